The molecular formula is C13H12O6. The highest BCUT2D eigenvalue weighted by atomic mass is 16.8. The molecule has 0 N–H and O–H groups in total. The van der Waals surface area contributed by atoms with E-state index in [1.165, 1.54) is 6.92 Å². The molecule has 0 saturated heterocycles. The molecule has 0 saturated carbocycles. The van der Waals surface area contributed by atoms with Gasteiger partial charge in [0, 0.05) is 6.92 Å². The number of ether oxygens (including phenoxy) is 4. The van der Waals surface area contributed by atoms with Crippen molar-refractivity contribution < 1.29 is 28.5 Å². The largest absolute Gasteiger partial charge is 0.454 e. The van der Waals surface area contributed by atoms with Gasteiger partial charge in [0.25, 0.3) is 6.29 Å². The van der Waals surface area contributed by atoms with Crippen LogP contribution < -0.4 is 0 Å². The van der Waals surface area contributed by atoms with Gasteiger partial charge in [0.1, 0.15) is 0 Å². The van der Waals surface area contributed by atoms with E-state index in [2.05, 4.69) is 4.74 Å². The molecule has 2 rings (SSSR count). The van der Waals surface area contributed by atoms with Gasteiger partial charge >= 0.3 is 17.9 Å². The third-order valence-electron chi connectivity index (χ3n) is 2.17. The predicted octanol–water partition coefficient (Wildman–Crippen LogP) is 1.58. The number of rotatable bonds is 4. The topological polar surface area (TPSA) is 71.1 Å². The lowest BCUT2D eigenvalue weighted by molar-refractivity contribution is -0.148. The summed E-state index contributed by atoms with van der Waals surface area (Å²) in [5.74, 6) is -1.04. The third kappa shape index (κ3) is 3.74. The lowest BCUT2D eigenvalue weighted by Gasteiger charge is -2.11. The molecule has 6 nitrogen and oxygen atoms in total. The van der Waals surface area contributed by atoms with Crippen molar-refractivity contribution in [2.45, 2.75) is 13.2 Å². The van der Waals surface area contributed by atoms with Gasteiger partial charge in [0.05, 0.1) is 5.56 Å². The fourth-order valence-corrected chi connectivity index (χ4v) is 1.38. The van der Waals surface area contributed by atoms with E-state index < -0.39 is 18.2 Å². The molecule has 0 spiro atoms. The molecule has 6 heteroatoms. The molecule has 1 atom stereocenters. The fourth-order valence-electron chi connectivity index (χ4n) is 1.38. The van der Waals surface area contributed by atoms with Gasteiger partial charge < -0.3 is 18.9 Å². The standard InChI is InChI=1S/C13H12O6/c1-9(14)18-12-8-16-11(19-12)7-17-13(15)10-5-3-2-4-6-10/h2-6,8,11H,7H2,1H3. The van der Waals surface area contributed by atoms with Crippen molar-refractivity contribution in [3.05, 3.63) is 48.1 Å². The molecule has 0 aliphatic carbocycles. The monoisotopic (exact) mass is 264 g/mol. The second-order valence-electron chi connectivity index (χ2n) is 3.68. The molecule has 0 amide bonds. The van der Waals surface area contributed by atoms with Crippen LogP contribution in [0.25, 0.3) is 0 Å². The number of hydrogen-bond donors (Lipinski definition) is 0. The average molecular weight is 264 g/mol. The molecule has 1 aliphatic heterocycles. The van der Waals surface area contributed by atoms with Crippen LogP contribution in [0.5, 0.6) is 0 Å². The fraction of sp³-hybridized carbons (Fsp3) is 0.231. The van der Waals surface area contributed by atoms with Crippen LogP contribution in [0.2, 0.25) is 0 Å². The van der Waals surface area contributed by atoms with E-state index in [0.29, 0.717) is 5.56 Å². The van der Waals surface area contributed by atoms with Crippen molar-refractivity contribution in [3.63, 3.8) is 0 Å². The summed E-state index contributed by atoms with van der Waals surface area (Å²) in [6.45, 7) is 1.14. The van der Waals surface area contributed by atoms with Crippen molar-refractivity contribution >= 4 is 11.9 Å². The Morgan fingerprint density at radius 1 is 1.26 bits per heavy atom. The Morgan fingerprint density at radius 3 is 2.68 bits per heavy atom. The Labute approximate surface area is 109 Å². The van der Waals surface area contributed by atoms with Gasteiger partial charge in [-0.15, -0.1) is 0 Å². The number of carbonyl (C=O) groups excluding carboxylic acids is 2. The number of carbonyl (C=O) groups is 2. The Hall–Kier alpha value is -2.50. The first-order valence-electron chi connectivity index (χ1n) is 5.58. The maximum absolute atomic E-state index is 11.6. The summed E-state index contributed by atoms with van der Waals surface area (Å²) in [7, 11) is 0. The van der Waals surface area contributed by atoms with Crippen LogP contribution in [0.1, 0.15) is 17.3 Å². The van der Waals surface area contributed by atoms with E-state index in [4.69, 9.17) is 14.2 Å². The van der Waals surface area contributed by atoms with E-state index in [-0.39, 0.29) is 12.6 Å². The molecular weight excluding hydrogens is 252 g/mol. The SMILES string of the molecule is CC(=O)OC1=COC(COC(=O)c2ccccc2)O1. The zero-order chi connectivity index (χ0) is 13.7. The van der Waals surface area contributed by atoms with Gasteiger partial charge in [-0.2, -0.15) is 0 Å². The third-order valence-corrected chi connectivity index (χ3v) is 2.17. The molecule has 0 bridgehead atoms. The summed E-state index contributed by atoms with van der Waals surface area (Å²) in [4.78, 5) is 22.3. The van der Waals surface area contributed by atoms with Crippen molar-refractivity contribution in [1.82, 2.24) is 0 Å². The van der Waals surface area contributed by atoms with Crippen LogP contribution in [0.15, 0.2) is 42.5 Å². The normalized spacial score (nSPS) is 16.9. The highest BCUT2D eigenvalue weighted by Gasteiger charge is 2.23. The molecule has 1 heterocycles. The maximum atomic E-state index is 11.6. The van der Waals surface area contributed by atoms with E-state index in [1.54, 1.807) is 30.3 Å². The maximum Gasteiger partial charge on any atom is 0.338 e. The molecule has 0 aromatic heterocycles. The quantitative estimate of drug-likeness (QED) is 0.769. The first kappa shape index (κ1) is 12.9. The predicted molar refractivity (Wildman–Crippen MR) is 62.5 cm³/mol. The Balaban J connectivity index is 1.76. The van der Waals surface area contributed by atoms with Crippen molar-refractivity contribution in [1.29, 1.82) is 0 Å². The summed E-state index contributed by atoms with van der Waals surface area (Å²) >= 11 is 0. The summed E-state index contributed by atoms with van der Waals surface area (Å²) < 4.78 is 19.8. The van der Waals surface area contributed by atoms with Crippen LogP contribution in [0.3, 0.4) is 0 Å². The lowest BCUT2D eigenvalue weighted by atomic mass is 10.2. The highest BCUT2D eigenvalue weighted by Crippen LogP contribution is 2.16. The summed E-state index contributed by atoms with van der Waals surface area (Å²) in [5, 5.41) is 0. The van der Waals surface area contributed by atoms with E-state index in [9.17, 15) is 9.59 Å². The van der Waals surface area contributed by atoms with E-state index in [0.717, 1.165) is 6.26 Å². The zero-order valence-corrected chi connectivity index (χ0v) is 10.2. The molecule has 1 aliphatic rings. The highest BCUT2D eigenvalue weighted by molar-refractivity contribution is 5.89. The van der Waals surface area contributed by atoms with Gasteiger partial charge in [-0.3, -0.25) is 4.79 Å². The first-order chi connectivity index (χ1) is 9.15. The molecule has 100 valence electrons. The molecule has 19 heavy (non-hydrogen) atoms. The second kappa shape index (κ2) is 5.90. The minimum Gasteiger partial charge on any atom is -0.454 e. The van der Waals surface area contributed by atoms with Gasteiger partial charge in [0.15, 0.2) is 12.9 Å². The number of hydrogen-bond acceptors (Lipinski definition) is 6. The Kier molecular flexibility index (Phi) is 4.02. The molecule has 1 aromatic rings. The Morgan fingerprint density at radius 2 is 2.00 bits per heavy atom. The van der Waals surface area contributed by atoms with E-state index in [1.807, 2.05) is 0 Å². The van der Waals surface area contributed by atoms with Crippen LogP contribution in [-0.4, -0.2) is 24.8 Å². The zero-order valence-electron chi connectivity index (χ0n) is 10.2. The van der Waals surface area contributed by atoms with Crippen molar-refractivity contribution in [2.75, 3.05) is 6.61 Å². The molecule has 1 unspecified atom stereocenters. The van der Waals surface area contributed by atoms with Crippen LogP contribution in [0, 0.1) is 0 Å². The second-order valence-corrected chi connectivity index (χ2v) is 3.68. The summed E-state index contributed by atoms with van der Waals surface area (Å²) in [5.41, 5.74) is 0.439. The van der Waals surface area contributed by atoms with Crippen LogP contribution in [-0.2, 0) is 23.7 Å². The van der Waals surface area contributed by atoms with Crippen molar-refractivity contribution in [2.24, 2.45) is 0 Å². The van der Waals surface area contributed by atoms with Gasteiger partial charge in [0.2, 0.25) is 0 Å². The minimum absolute atomic E-state index is 0.0479. The van der Waals surface area contributed by atoms with E-state index >= 15 is 0 Å². The molecule has 1 aromatic carbocycles. The van der Waals surface area contributed by atoms with Crippen LogP contribution >= 0.6 is 0 Å². The van der Waals surface area contributed by atoms with Gasteiger partial charge in [-0.25, -0.2) is 4.79 Å². The molecule has 0 fully saturated rings. The van der Waals surface area contributed by atoms with Crippen molar-refractivity contribution in [3.8, 4) is 0 Å². The molecule has 0 radical (unpaired) electrons. The Bertz CT molecular complexity index is 493. The number of esters is 2. The van der Waals surface area contributed by atoms with Crippen LogP contribution in [0.4, 0.5) is 0 Å². The average Bonchev–Trinajstić information content (AvgIpc) is 2.84. The summed E-state index contributed by atoms with van der Waals surface area (Å²) in [6.07, 6.45) is 0.351. The minimum atomic E-state index is -0.804. The lowest BCUT2D eigenvalue weighted by Crippen LogP contribution is -2.20. The van der Waals surface area contributed by atoms with Gasteiger partial charge in [-0.1, -0.05) is 18.2 Å². The number of benzene rings is 1. The summed E-state index contributed by atoms with van der Waals surface area (Å²) in [6, 6.07) is 8.55. The smallest absolute Gasteiger partial charge is 0.338 e. The van der Waals surface area contributed by atoms with Gasteiger partial charge in [-0.05, 0) is 12.1 Å². The first-order valence-corrected chi connectivity index (χ1v) is 5.58.